The molecule has 1 amide bonds. The molecule has 0 aliphatic rings. The molecule has 2 rings (SSSR count). The summed E-state index contributed by atoms with van der Waals surface area (Å²) in [6, 6.07) is 12.9. The first-order valence-electron chi connectivity index (χ1n) is 6.82. The molecule has 3 nitrogen and oxygen atoms in total. The van der Waals surface area contributed by atoms with Gasteiger partial charge in [-0.2, -0.15) is 0 Å². The van der Waals surface area contributed by atoms with Gasteiger partial charge in [0.15, 0.2) is 0 Å². The number of hydrogen-bond donors (Lipinski definition) is 1. The van der Waals surface area contributed by atoms with Crippen molar-refractivity contribution in [2.75, 3.05) is 11.9 Å². The van der Waals surface area contributed by atoms with E-state index in [-0.39, 0.29) is 5.91 Å². The van der Waals surface area contributed by atoms with E-state index in [1.807, 2.05) is 32.0 Å². The predicted octanol–water partition coefficient (Wildman–Crippen LogP) is 4.12. The Bertz CT molecular complexity index is 645. The molecule has 0 aliphatic heterocycles. The average molecular weight is 281 g/mol. The molecule has 0 unspecified atom stereocenters. The van der Waals surface area contributed by atoms with E-state index in [9.17, 15) is 4.79 Å². The number of aryl methyl sites for hydroxylation is 2. The highest BCUT2D eigenvalue weighted by molar-refractivity contribution is 6.04. The number of rotatable bonds is 5. The minimum absolute atomic E-state index is 0.131. The molecule has 3 heteroatoms. The van der Waals surface area contributed by atoms with Crippen molar-refractivity contribution in [3.8, 4) is 5.75 Å². The SMILES string of the molecule is C=CCOc1ccc(C(=O)Nc2ccc(C)c(C)c2)cc1. The zero-order chi connectivity index (χ0) is 15.2. The van der Waals surface area contributed by atoms with Crippen LogP contribution in [-0.4, -0.2) is 12.5 Å². The van der Waals surface area contributed by atoms with Crippen LogP contribution < -0.4 is 10.1 Å². The second kappa shape index (κ2) is 6.75. The number of carbonyl (C=O) groups is 1. The van der Waals surface area contributed by atoms with E-state index in [1.165, 1.54) is 5.56 Å². The van der Waals surface area contributed by atoms with E-state index in [0.29, 0.717) is 12.2 Å². The van der Waals surface area contributed by atoms with Crippen molar-refractivity contribution in [2.45, 2.75) is 13.8 Å². The highest BCUT2D eigenvalue weighted by Gasteiger charge is 2.06. The molecule has 2 aromatic rings. The number of hydrogen-bond acceptors (Lipinski definition) is 2. The van der Waals surface area contributed by atoms with Gasteiger partial charge in [-0.05, 0) is 61.4 Å². The van der Waals surface area contributed by atoms with Crippen molar-refractivity contribution in [3.63, 3.8) is 0 Å². The van der Waals surface area contributed by atoms with Crippen LogP contribution in [0.15, 0.2) is 55.1 Å². The molecular weight excluding hydrogens is 262 g/mol. The van der Waals surface area contributed by atoms with Gasteiger partial charge in [-0.3, -0.25) is 4.79 Å². The lowest BCUT2D eigenvalue weighted by Gasteiger charge is -2.08. The first kappa shape index (κ1) is 14.9. The van der Waals surface area contributed by atoms with E-state index < -0.39 is 0 Å². The summed E-state index contributed by atoms with van der Waals surface area (Å²) in [6.07, 6.45) is 1.68. The summed E-state index contributed by atoms with van der Waals surface area (Å²) < 4.78 is 5.39. The zero-order valence-electron chi connectivity index (χ0n) is 12.3. The molecule has 0 spiro atoms. The molecular formula is C18H19NO2. The molecule has 1 N–H and O–H groups in total. The molecule has 0 aliphatic carbocycles. The third kappa shape index (κ3) is 3.96. The van der Waals surface area contributed by atoms with Gasteiger partial charge in [0.2, 0.25) is 0 Å². The van der Waals surface area contributed by atoms with Crippen LogP contribution in [-0.2, 0) is 0 Å². The normalized spacial score (nSPS) is 10.0. The van der Waals surface area contributed by atoms with Crippen LogP contribution in [0.4, 0.5) is 5.69 Å². The van der Waals surface area contributed by atoms with Gasteiger partial charge < -0.3 is 10.1 Å². The van der Waals surface area contributed by atoms with Crippen LogP contribution in [0.25, 0.3) is 0 Å². The highest BCUT2D eigenvalue weighted by Crippen LogP contribution is 2.17. The Hall–Kier alpha value is -2.55. The second-order valence-corrected chi connectivity index (χ2v) is 4.88. The molecule has 0 atom stereocenters. The van der Waals surface area contributed by atoms with Crippen LogP contribution in [0.2, 0.25) is 0 Å². The molecule has 0 bridgehead atoms. The molecule has 0 fully saturated rings. The Kier molecular flexibility index (Phi) is 4.77. The van der Waals surface area contributed by atoms with E-state index in [4.69, 9.17) is 4.74 Å². The second-order valence-electron chi connectivity index (χ2n) is 4.88. The van der Waals surface area contributed by atoms with Crippen molar-refractivity contribution in [1.82, 2.24) is 0 Å². The van der Waals surface area contributed by atoms with Gasteiger partial charge in [0, 0.05) is 11.3 Å². The van der Waals surface area contributed by atoms with Crippen LogP contribution >= 0.6 is 0 Å². The monoisotopic (exact) mass is 281 g/mol. The van der Waals surface area contributed by atoms with Crippen molar-refractivity contribution in [2.24, 2.45) is 0 Å². The fraction of sp³-hybridized carbons (Fsp3) is 0.167. The topological polar surface area (TPSA) is 38.3 Å². The lowest BCUT2D eigenvalue weighted by molar-refractivity contribution is 0.102. The van der Waals surface area contributed by atoms with Crippen LogP contribution in [0.5, 0.6) is 5.75 Å². The summed E-state index contributed by atoms with van der Waals surface area (Å²) in [5.74, 6) is 0.589. The van der Waals surface area contributed by atoms with Gasteiger partial charge in [-0.1, -0.05) is 18.7 Å². The molecule has 0 heterocycles. The molecule has 2 aromatic carbocycles. The Labute approximate surface area is 125 Å². The molecule has 0 radical (unpaired) electrons. The quantitative estimate of drug-likeness (QED) is 0.837. The molecule has 0 aromatic heterocycles. The fourth-order valence-electron chi connectivity index (χ4n) is 1.88. The lowest BCUT2D eigenvalue weighted by Crippen LogP contribution is -2.12. The minimum atomic E-state index is -0.131. The van der Waals surface area contributed by atoms with Crippen LogP contribution in [0.1, 0.15) is 21.5 Å². The van der Waals surface area contributed by atoms with E-state index >= 15 is 0 Å². The van der Waals surface area contributed by atoms with Crippen LogP contribution in [0, 0.1) is 13.8 Å². The lowest BCUT2D eigenvalue weighted by atomic mass is 10.1. The average Bonchev–Trinajstić information content (AvgIpc) is 2.49. The van der Waals surface area contributed by atoms with Crippen molar-refractivity contribution in [1.29, 1.82) is 0 Å². The van der Waals surface area contributed by atoms with Gasteiger partial charge in [-0.15, -0.1) is 0 Å². The van der Waals surface area contributed by atoms with Gasteiger partial charge in [0.25, 0.3) is 5.91 Å². The Morgan fingerprint density at radius 1 is 1.14 bits per heavy atom. The van der Waals surface area contributed by atoms with Gasteiger partial charge in [0.05, 0.1) is 0 Å². The Balaban J connectivity index is 2.05. The third-order valence-electron chi connectivity index (χ3n) is 3.25. The standard InChI is InChI=1S/C18H19NO2/c1-4-11-21-17-9-6-15(7-10-17)18(20)19-16-8-5-13(2)14(3)12-16/h4-10,12H,1,11H2,2-3H3,(H,19,20). The van der Waals surface area contributed by atoms with Gasteiger partial charge in [0.1, 0.15) is 12.4 Å². The van der Waals surface area contributed by atoms with E-state index in [1.54, 1.807) is 30.3 Å². The first-order valence-corrected chi connectivity index (χ1v) is 6.82. The fourth-order valence-corrected chi connectivity index (χ4v) is 1.88. The Morgan fingerprint density at radius 2 is 1.86 bits per heavy atom. The summed E-state index contributed by atoms with van der Waals surface area (Å²) in [7, 11) is 0. The van der Waals surface area contributed by atoms with Gasteiger partial charge in [-0.25, -0.2) is 0 Å². The maximum absolute atomic E-state index is 12.2. The third-order valence-corrected chi connectivity index (χ3v) is 3.25. The minimum Gasteiger partial charge on any atom is -0.490 e. The maximum atomic E-state index is 12.2. The first-order chi connectivity index (χ1) is 10.1. The maximum Gasteiger partial charge on any atom is 0.255 e. The summed E-state index contributed by atoms with van der Waals surface area (Å²) in [6.45, 7) is 8.11. The van der Waals surface area contributed by atoms with Crippen molar-refractivity contribution < 1.29 is 9.53 Å². The Morgan fingerprint density at radius 3 is 2.48 bits per heavy atom. The zero-order valence-corrected chi connectivity index (χ0v) is 12.3. The number of ether oxygens (including phenoxy) is 1. The summed E-state index contributed by atoms with van der Waals surface area (Å²) in [5.41, 5.74) is 3.76. The van der Waals surface area contributed by atoms with Crippen LogP contribution in [0.3, 0.4) is 0 Å². The highest BCUT2D eigenvalue weighted by atomic mass is 16.5. The molecule has 21 heavy (non-hydrogen) atoms. The number of nitrogens with one attached hydrogen (secondary N) is 1. The smallest absolute Gasteiger partial charge is 0.255 e. The molecule has 0 saturated carbocycles. The summed E-state index contributed by atoms with van der Waals surface area (Å²) in [4.78, 5) is 12.2. The summed E-state index contributed by atoms with van der Waals surface area (Å²) in [5, 5.41) is 2.89. The number of carbonyl (C=O) groups excluding carboxylic acids is 1. The van der Waals surface area contributed by atoms with E-state index in [0.717, 1.165) is 17.0 Å². The number of benzene rings is 2. The summed E-state index contributed by atoms with van der Waals surface area (Å²) >= 11 is 0. The van der Waals surface area contributed by atoms with Crippen molar-refractivity contribution in [3.05, 3.63) is 71.8 Å². The van der Waals surface area contributed by atoms with E-state index in [2.05, 4.69) is 11.9 Å². The predicted molar refractivity (Wildman–Crippen MR) is 86.0 cm³/mol. The molecule has 0 saturated heterocycles. The number of anilines is 1. The van der Waals surface area contributed by atoms with Crippen molar-refractivity contribution >= 4 is 11.6 Å². The molecule has 108 valence electrons. The largest absolute Gasteiger partial charge is 0.490 e. The number of amides is 1. The van der Waals surface area contributed by atoms with Gasteiger partial charge >= 0.3 is 0 Å².